The molecule has 0 saturated carbocycles. The van der Waals surface area contributed by atoms with Crippen LogP contribution in [0.25, 0.3) is 0 Å². The molecule has 0 saturated heterocycles. The zero-order chi connectivity index (χ0) is 8.53. The van der Waals surface area contributed by atoms with Crippen LogP contribution in [-0.4, -0.2) is 13.1 Å². The SMILES string of the molecule is CCCCCC(C)COC=O.Cl. The molecule has 0 aromatic carbocycles. The van der Waals surface area contributed by atoms with Gasteiger partial charge in [0.15, 0.2) is 0 Å². The topological polar surface area (TPSA) is 26.3 Å². The number of ether oxygens (including phenoxy) is 1. The number of rotatable bonds is 7. The Labute approximate surface area is 81.1 Å². The highest BCUT2D eigenvalue weighted by atomic mass is 35.5. The van der Waals surface area contributed by atoms with Crippen LogP contribution in [0.15, 0.2) is 0 Å². The van der Waals surface area contributed by atoms with Gasteiger partial charge in [0.2, 0.25) is 0 Å². The molecule has 0 aromatic heterocycles. The molecule has 74 valence electrons. The number of unbranched alkanes of at least 4 members (excludes halogenated alkanes) is 2. The third-order valence-electron chi connectivity index (χ3n) is 1.75. The largest absolute Gasteiger partial charge is 0.468 e. The fourth-order valence-corrected chi connectivity index (χ4v) is 1.03. The minimum absolute atomic E-state index is 0. The molecule has 0 spiro atoms. The highest BCUT2D eigenvalue weighted by Crippen LogP contribution is 2.08. The molecule has 0 N–H and O–H groups in total. The Morgan fingerprint density at radius 3 is 2.58 bits per heavy atom. The van der Waals surface area contributed by atoms with Crippen LogP contribution in [-0.2, 0) is 9.53 Å². The summed E-state index contributed by atoms with van der Waals surface area (Å²) in [6.45, 7) is 5.40. The van der Waals surface area contributed by atoms with Crippen LogP contribution in [0, 0.1) is 5.92 Å². The molecule has 0 aliphatic rings. The van der Waals surface area contributed by atoms with E-state index in [0.29, 0.717) is 19.0 Å². The van der Waals surface area contributed by atoms with Crippen LogP contribution in [0.5, 0.6) is 0 Å². The molecular formula is C9H19ClO2. The van der Waals surface area contributed by atoms with E-state index in [0.717, 1.165) is 0 Å². The Morgan fingerprint density at radius 1 is 1.42 bits per heavy atom. The van der Waals surface area contributed by atoms with Crippen molar-refractivity contribution in [3.63, 3.8) is 0 Å². The van der Waals surface area contributed by atoms with Gasteiger partial charge in [0, 0.05) is 0 Å². The van der Waals surface area contributed by atoms with Crippen molar-refractivity contribution in [2.24, 2.45) is 5.92 Å². The minimum atomic E-state index is 0. The van der Waals surface area contributed by atoms with Crippen molar-refractivity contribution < 1.29 is 9.53 Å². The fraction of sp³-hybridized carbons (Fsp3) is 0.889. The van der Waals surface area contributed by atoms with Gasteiger partial charge in [-0.2, -0.15) is 0 Å². The summed E-state index contributed by atoms with van der Waals surface area (Å²) in [4.78, 5) is 9.82. The predicted molar refractivity (Wildman–Crippen MR) is 52.6 cm³/mol. The lowest BCUT2D eigenvalue weighted by Gasteiger charge is -2.08. The van der Waals surface area contributed by atoms with Crippen molar-refractivity contribution in [3.05, 3.63) is 0 Å². The molecule has 0 aliphatic heterocycles. The second-order valence-corrected chi connectivity index (χ2v) is 3.03. The molecule has 12 heavy (non-hydrogen) atoms. The van der Waals surface area contributed by atoms with E-state index >= 15 is 0 Å². The lowest BCUT2D eigenvalue weighted by atomic mass is 10.0. The van der Waals surface area contributed by atoms with Gasteiger partial charge in [-0.3, -0.25) is 4.79 Å². The average molecular weight is 195 g/mol. The van der Waals surface area contributed by atoms with Crippen LogP contribution in [0.2, 0.25) is 0 Å². The molecule has 0 heterocycles. The highest BCUT2D eigenvalue weighted by molar-refractivity contribution is 5.85. The van der Waals surface area contributed by atoms with Gasteiger partial charge < -0.3 is 4.74 Å². The standard InChI is InChI=1S/C9H18O2.ClH/c1-3-4-5-6-9(2)7-11-8-10;/h8-9H,3-7H2,1-2H3;1H. The Bertz CT molecular complexity index is 96.5. The molecule has 0 rings (SSSR count). The van der Waals surface area contributed by atoms with E-state index < -0.39 is 0 Å². The van der Waals surface area contributed by atoms with E-state index in [2.05, 4.69) is 18.6 Å². The van der Waals surface area contributed by atoms with Gasteiger partial charge in [0.25, 0.3) is 6.47 Å². The van der Waals surface area contributed by atoms with Crippen LogP contribution >= 0.6 is 12.4 Å². The summed E-state index contributed by atoms with van der Waals surface area (Å²) in [6.07, 6.45) is 4.95. The van der Waals surface area contributed by atoms with Crippen molar-refractivity contribution in [1.29, 1.82) is 0 Å². The van der Waals surface area contributed by atoms with Gasteiger partial charge in [-0.15, -0.1) is 12.4 Å². The Kier molecular flexibility index (Phi) is 12.8. The summed E-state index contributed by atoms with van der Waals surface area (Å²) < 4.78 is 4.65. The van der Waals surface area contributed by atoms with Gasteiger partial charge in [0.05, 0.1) is 6.61 Å². The zero-order valence-electron chi connectivity index (χ0n) is 7.91. The average Bonchev–Trinajstić information content (AvgIpc) is 2.01. The van der Waals surface area contributed by atoms with Gasteiger partial charge in [-0.1, -0.05) is 33.1 Å². The number of carbonyl (C=O) groups excluding carboxylic acids is 1. The third kappa shape index (κ3) is 9.76. The normalized spacial score (nSPS) is 11.5. The third-order valence-corrected chi connectivity index (χ3v) is 1.75. The quantitative estimate of drug-likeness (QED) is 0.460. The zero-order valence-corrected chi connectivity index (χ0v) is 8.73. The van der Waals surface area contributed by atoms with Crippen molar-refractivity contribution in [1.82, 2.24) is 0 Å². The number of carbonyl (C=O) groups is 1. The van der Waals surface area contributed by atoms with Gasteiger partial charge in [-0.05, 0) is 12.3 Å². The van der Waals surface area contributed by atoms with Crippen molar-refractivity contribution in [2.75, 3.05) is 6.61 Å². The maximum Gasteiger partial charge on any atom is 0.293 e. The number of hydrogen-bond acceptors (Lipinski definition) is 2. The van der Waals surface area contributed by atoms with Gasteiger partial charge in [0.1, 0.15) is 0 Å². The van der Waals surface area contributed by atoms with E-state index in [1.807, 2.05) is 0 Å². The molecule has 0 aliphatic carbocycles. The van der Waals surface area contributed by atoms with E-state index in [1.54, 1.807) is 0 Å². The minimum Gasteiger partial charge on any atom is -0.468 e. The second kappa shape index (κ2) is 10.8. The van der Waals surface area contributed by atoms with Crippen molar-refractivity contribution in [2.45, 2.75) is 39.5 Å². The van der Waals surface area contributed by atoms with E-state index in [9.17, 15) is 4.79 Å². The number of hydrogen-bond donors (Lipinski definition) is 0. The summed E-state index contributed by atoms with van der Waals surface area (Å²) in [5, 5.41) is 0. The van der Waals surface area contributed by atoms with E-state index in [-0.39, 0.29) is 12.4 Å². The smallest absolute Gasteiger partial charge is 0.293 e. The van der Waals surface area contributed by atoms with Gasteiger partial charge in [-0.25, -0.2) is 0 Å². The first-order valence-corrected chi connectivity index (χ1v) is 4.36. The fourth-order valence-electron chi connectivity index (χ4n) is 1.03. The van der Waals surface area contributed by atoms with Crippen LogP contribution in [0.4, 0.5) is 0 Å². The molecule has 0 fully saturated rings. The first-order chi connectivity index (χ1) is 5.31. The van der Waals surface area contributed by atoms with Crippen molar-refractivity contribution in [3.8, 4) is 0 Å². The second-order valence-electron chi connectivity index (χ2n) is 3.03. The van der Waals surface area contributed by atoms with E-state index in [4.69, 9.17) is 0 Å². The van der Waals surface area contributed by atoms with E-state index in [1.165, 1.54) is 25.7 Å². The Hall–Kier alpha value is -0.240. The summed E-state index contributed by atoms with van der Waals surface area (Å²) in [7, 11) is 0. The predicted octanol–water partition coefficient (Wildman–Crippen LogP) is 2.80. The van der Waals surface area contributed by atoms with Gasteiger partial charge >= 0.3 is 0 Å². The number of halogens is 1. The lowest BCUT2D eigenvalue weighted by molar-refractivity contribution is -0.129. The summed E-state index contributed by atoms with van der Waals surface area (Å²) in [5.74, 6) is 0.520. The molecular weight excluding hydrogens is 176 g/mol. The molecule has 0 aromatic rings. The Balaban J connectivity index is 0. The summed E-state index contributed by atoms with van der Waals surface area (Å²) >= 11 is 0. The van der Waals surface area contributed by atoms with Crippen molar-refractivity contribution >= 4 is 18.9 Å². The molecule has 0 radical (unpaired) electrons. The molecule has 0 amide bonds. The summed E-state index contributed by atoms with van der Waals surface area (Å²) in [5.41, 5.74) is 0. The van der Waals surface area contributed by atoms with Crippen LogP contribution in [0.1, 0.15) is 39.5 Å². The molecule has 3 heteroatoms. The molecule has 1 atom stereocenters. The Morgan fingerprint density at radius 2 is 2.08 bits per heavy atom. The first kappa shape index (κ1) is 14.3. The maximum absolute atomic E-state index is 9.82. The highest BCUT2D eigenvalue weighted by Gasteiger charge is 2.00. The molecule has 1 unspecified atom stereocenters. The maximum atomic E-state index is 9.82. The monoisotopic (exact) mass is 194 g/mol. The summed E-state index contributed by atoms with van der Waals surface area (Å²) in [6, 6.07) is 0. The molecule has 2 nitrogen and oxygen atoms in total. The first-order valence-electron chi connectivity index (χ1n) is 4.36. The lowest BCUT2D eigenvalue weighted by Crippen LogP contribution is -2.04. The van der Waals surface area contributed by atoms with Crippen LogP contribution in [0.3, 0.4) is 0 Å². The van der Waals surface area contributed by atoms with Crippen LogP contribution < -0.4 is 0 Å². The molecule has 0 bridgehead atoms.